The molecule has 5 rings (SSSR count). The number of nitrogens with one attached hydrogen (secondary N) is 1. The molecule has 0 unspecified atom stereocenters. The lowest BCUT2D eigenvalue weighted by molar-refractivity contribution is -0.158. The highest BCUT2D eigenvalue weighted by Crippen LogP contribution is 2.33. The number of ether oxygens (including phenoxy) is 1. The van der Waals surface area contributed by atoms with Crippen LogP contribution in [-0.2, 0) is 22.6 Å². The van der Waals surface area contributed by atoms with E-state index in [-0.39, 0.29) is 49.9 Å². The lowest BCUT2D eigenvalue weighted by Crippen LogP contribution is -2.66. The van der Waals surface area contributed by atoms with Crippen molar-refractivity contribution in [2.24, 2.45) is 0 Å². The number of fused-ring (bicyclic) bond motifs is 2. The van der Waals surface area contributed by atoms with E-state index in [2.05, 4.69) is 17.2 Å². The maximum Gasteiger partial charge on any atom is 0.414 e. The SMILES string of the molecule is CCCCNC(=O)N(C(C)C)N1CC(=O)N2[C@@H](Cc3ccc(OC(=O)N(C)C)cc3)C(=O)N(Cc3cccc4sc(N)nc34)C[C@@H]21. The van der Waals surface area contributed by atoms with Gasteiger partial charge in [0, 0.05) is 39.6 Å². The van der Waals surface area contributed by atoms with Gasteiger partial charge in [-0.25, -0.2) is 14.6 Å². The highest BCUT2D eigenvalue weighted by Gasteiger charge is 2.52. The fourth-order valence-electron chi connectivity index (χ4n) is 5.93. The summed E-state index contributed by atoms with van der Waals surface area (Å²) in [5.41, 5.74) is 8.42. The summed E-state index contributed by atoms with van der Waals surface area (Å²) < 4.78 is 6.28. The third-order valence-electron chi connectivity index (χ3n) is 8.15. The Kier molecular flexibility index (Phi) is 9.97. The standard InChI is InChI=1S/C32H42N8O5S/c1-6-7-15-34-31(43)40(20(2)3)38-19-27(41)39-24(16-21-11-13-23(14-12-21)45-32(44)36(4)5)29(42)37(18-26(38)39)17-22-9-8-10-25-28(22)35-30(33)46-25/h8-14,20,24,26H,6-7,15-19H2,1-5H3,(H2,33,35)(H,34,43)/t24-,26+/m0/s1. The van der Waals surface area contributed by atoms with Gasteiger partial charge in [0.05, 0.1) is 23.3 Å². The third kappa shape index (κ3) is 6.87. The van der Waals surface area contributed by atoms with Gasteiger partial charge in [-0.15, -0.1) is 0 Å². The number of nitrogens with zero attached hydrogens (tertiary/aromatic N) is 6. The number of amides is 5. The smallest absolute Gasteiger partial charge is 0.410 e. The second-order valence-corrected chi connectivity index (χ2v) is 13.1. The maximum absolute atomic E-state index is 14.3. The van der Waals surface area contributed by atoms with Crippen molar-refractivity contribution in [1.82, 2.24) is 35.0 Å². The van der Waals surface area contributed by atoms with E-state index < -0.39 is 18.3 Å². The molecule has 46 heavy (non-hydrogen) atoms. The van der Waals surface area contributed by atoms with Crippen molar-refractivity contribution in [3.8, 4) is 5.75 Å². The van der Waals surface area contributed by atoms with Crippen molar-refractivity contribution >= 4 is 50.6 Å². The van der Waals surface area contributed by atoms with Gasteiger partial charge in [-0.3, -0.25) is 14.6 Å². The van der Waals surface area contributed by atoms with Crippen LogP contribution in [0.25, 0.3) is 10.2 Å². The van der Waals surface area contributed by atoms with Gasteiger partial charge in [0.15, 0.2) is 5.13 Å². The number of para-hydroxylation sites is 1. The van der Waals surface area contributed by atoms with Gasteiger partial charge in [-0.2, -0.15) is 5.01 Å². The number of nitrogens with two attached hydrogens (primary N) is 1. The van der Waals surface area contributed by atoms with E-state index in [1.165, 1.54) is 16.2 Å². The fourth-order valence-corrected chi connectivity index (χ4v) is 6.71. The minimum atomic E-state index is -0.816. The number of hydrogen-bond donors (Lipinski definition) is 2. The van der Waals surface area contributed by atoms with E-state index in [1.807, 2.05) is 32.0 Å². The predicted octanol–water partition coefficient (Wildman–Crippen LogP) is 3.50. The maximum atomic E-state index is 14.3. The van der Waals surface area contributed by atoms with Crippen molar-refractivity contribution in [3.05, 3.63) is 53.6 Å². The van der Waals surface area contributed by atoms with Crippen LogP contribution >= 0.6 is 11.3 Å². The average molecular weight is 651 g/mol. The van der Waals surface area contributed by atoms with E-state index in [4.69, 9.17) is 10.5 Å². The number of carbonyl (C=O) groups is 4. The molecule has 0 saturated carbocycles. The zero-order valence-corrected chi connectivity index (χ0v) is 27.7. The van der Waals surface area contributed by atoms with Crippen molar-refractivity contribution < 1.29 is 23.9 Å². The first-order valence-corrected chi connectivity index (χ1v) is 16.4. The first-order chi connectivity index (χ1) is 22.0. The Morgan fingerprint density at radius 1 is 1.15 bits per heavy atom. The number of carbonyl (C=O) groups excluding carboxylic acids is 4. The molecule has 2 aliphatic rings. The van der Waals surface area contributed by atoms with E-state index in [9.17, 15) is 19.2 Å². The molecule has 3 heterocycles. The molecule has 14 heteroatoms. The number of urea groups is 1. The van der Waals surface area contributed by atoms with Gasteiger partial charge in [-0.05, 0) is 49.6 Å². The van der Waals surface area contributed by atoms with E-state index >= 15 is 0 Å². The Balaban J connectivity index is 1.47. The average Bonchev–Trinajstić information content (AvgIpc) is 3.55. The van der Waals surface area contributed by atoms with Crippen LogP contribution in [0, 0.1) is 0 Å². The van der Waals surface area contributed by atoms with Crippen LogP contribution in [0.15, 0.2) is 42.5 Å². The highest BCUT2D eigenvalue weighted by molar-refractivity contribution is 7.22. The molecule has 2 saturated heterocycles. The van der Waals surface area contributed by atoms with Crippen molar-refractivity contribution in [1.29, 1.82) is 0 Å². The fraction of sp³-hybridized carbons (Fsp3) is 0.469. The minimum absolute atomic E-state index is 0.0285. The molecule has 2 fully saturated rings. The first kappa shape index (κ1) is 32.9. The topological polar surface area (TPSA) is 145 Å². The quantitative estimate of drug-likeness (QED) is 0.318. The second kappa shape index (κ2) is 13.9. The summed E-state index contributed by atoms with van der Waals surface area (Å²) in [6, 6.07) is 11.4. The molecule has 0 aliphatic carbocycles. The number of piperazine rings is 1. The van der Waals surface area contributed by atoms with Gasteiger partial charge >= 0.3 is 12.1 Å². The lowest BCUT2D eigenvalue weighted by atomic mass is 9.99. The Morgan fingerprint density at radius 3 is 2.57 bits per heavy atom. The van der Waals surface area contributed by atoms with Crippen LogP contribution in [-0.4, -0.2) is 106 Å². The molecule has 0 radical (unpaired) electrons. The molecule has 246 valence electrons. The Morgan fingerprint density at radius 2 is 1.89 bits per heavy atom. The number of rotatable bonds is 10. The largest absolute Gasteiger partial charge is 0.414 e. The van der Waals surface area contributed by atoms with Gasteiger partial charge in [0.25, 0.3) is 0 Å². The predicted molar refractivity (Wildman–Crippen MR) is 176 cm³/mol. The summed E-state index contributed by atoms with van der Waals surface area (Å²) >= 11 is 1.39. The van der Waals surface area contributed by atoms with Crippen molar-refractivity contribution in [2.45, 2.75) is 64.8 Å². The van der Waals surface area contributed by atoms with Crippen LogP contribution in [0.3, 0.4) is 0 Å². The highest BCUT2D eigenvalue weighted by atomic mass is 32.1. The van der Waals surface area contributed by atoms with Gasteiger partial charge in [0.1, 0.15) is 18.0 Å². The first-order valence-electron chi connectivity index (χ1n) is 15.5. The summed E-state index contributed by atoms with van der Waals surface area (Å²) in [7, 11) is 3.20. The number of thiazole rings is 1. The number of anilines is 1. The normalized spacial score (nSPS) is 18.3. The van der Waals surface area contributed by atoms with Crippen LogP contribution < -0.4 is 15.8 Å². The molecule has 2 aliphatic heterocycles. The Labute approximate surface area is 272 Å². The molecule has 3 aromatic rings. The van der Waals surface area contributed by atoms with Crippen molar-refractivity contribution in [2.75, 3.05) is 39.5 Å². The minimum Gasteiger partial charge on any atom is -0.410 e. The molecule has 3 N–H and O–H groups in total. The number of hydrogen-bond acceptors (Lipinski definition) is 9. The van der Waals surface area contributed by atoms with Crippen LogP contribution in [0.5, 0.6) is 5.75 Å². The van der Waals surface area contributed by atoms with E-state index in [0.717, 1.165) is 34.2 Å². The summed E-state index contributed by atoms with van der Waals surface area (Å²) in [5.74, 6) is -0.0446. The van der Waals surface area contributed by atoms with E-state index in [1.54, 1.807) is 58.2 Å². The van der Waals surface area contributed by atoms with Crippen molar-refractivity contribution in [3.63, 3.8) is 0 Å². The zero-order chi connectivity index (χ0) is 33.1. The Hall–Kier alpha value is -4.43. The second-order valence-electron chi connectivity index (χ2n) is 12.1. The van der Waals surface area contributed by atoms with E-state index in [0.29, 0.717) is 17.4 Å². The summed E-state index contributed by atoms with van der Waals surface area (Å²) in [5, 5.41) is 6.85. The molecule has 2 atom stereocenters. The number of benzene rings is 2. The Bertz CT molecular complexity index is 1590. The van der Waals surface area contributed by atoms with Gasteiger partial charge in [-0.1, -0.05) is 48.9 Å². The van der Waals surface area contributed by atoms with Gasteiger partial charge in [0.2, 0.25) is 11.8 Å². The summed E-state index contributed by atoms with van der Waals surface area (Å²) in [6.07, 6.45) is 0.966. The number of unbranched alkanes of at least 4 members (excludes halogenated alkanes) is 1. The van der Waals surface area contributed by atoms with Crippen LogP contribution in [0.1, 0.15) is 44.7 Å². The molecular formula is C32H42N8O5S. The van der Waals surface area contributed by atoms with Crippen LogP contribution in [0.2, 0.25) is 0 Å². The number of hydrazine groups is 1. The molecule has 2 aromatic carbocycles. The number of aromatic nitrogens is 1. The third-order valence-corrected chi connectivity index (χ3v) is 9.00. The zero-order valence-electron chi connectivity index (χ0n) is 26.9. The molecule has 1 aromatic heterocycles. The molecule has 0 bridgehead atoms. The molecule has 5 amide bonds. The molecule has 0 spiro atoms. The summed E-state index contributed by atoms with van der Waals surface area (Å²) in [6.45, 7) is 6.86. The molecule has 13 nitrogen and oxygen atoms in total. The lowest BCUT2D eigenvalue weighted by Gasteiger charge is -2.47. The molecular weight excluding hydrogens is 608 g/mol. The monoisotopic (exact) mass is 650 g/mol. The van der Waals surface area contributed by atoms with Crippen LogP contribution in [0.4, 0.5) is 14.7 Å². The number of nitrogen functional groups attached to an aromatic ring is 1. The van der Waals surface area contributed by atoms with Gasteiger partial charge < -0.3 is 30.5 Å². The summed E-state index contributed by atoms with van der Waals surface area (Å²) in [4.78, 5) is 62.7.